The van der Waals surface area contributed by atoms with Gasteiger partial charge in [0.15, 0.2) is 0 Å². The standard InChI is InChI=1S/C25H32N4O4S/c1-17-14-29(34(3,31)32)11-10-28(17)15-20-12-22-24(33-20)23(16-27(2)25(22)30)21-8-9-26-13-19(21)7-6-18-4-5-18/h8-9,12-13,16-18H,4-7,10-11,14-15H2,1-3H3/t17-/m1/s1. The Bertz CT molecular complexity index is 1370. The lowest BCUT2D eigenvalue weighted by Crippen LogP contribution is -2.52. The van der Waals surface area contributed by atoms with Crippen LogP contribution in [0.1, 0.15) is 37.5 Å². The zero-order chi connectivity index (χ0) is 24.0. The molecular weight excluding hydrogens is 452 g/mol. The van der Waals surface area contributed by atoms with E-state index in [1.54, 1.807) is 17.8 Å². The van der Waals surface area contributed by atoms with Gasteiger partial charge in [0.1, 0.15) is 11.3 Å². The minimum atomic E-state index is -3.20. The predicted molar refractivity (Wildman–Crippen MR) is 132 cm³/mol. The number of nitrogens with zero attached hydrogens (tertiary/aromatic N) is 4. The summed E-state index contributed by atoms with van der Waals surface area (Å²) in [6, 6.07) is 3.91. The van der Waals surface area contributed by atoms with Crippen LogP contribution in [0.25, 0.3) is 22.1 Å². The second kappa shape index (κ2) is 8.94. The third-order valence-electron chi connectivity index (χ3n) is 7.17. The van der Waals surface area contributed by atoms with Gasteiger partial charge in [-0.15, -0.1) is 0 Å². The lowest BCUT2D eigenvalue weighted by molar-refractivity contribution is 0.115. The number of furan rings is 1. The Balaban J connectivity index is 1.47. The van der Waals surface area contributed by atoms with Crippen LogP contribution in [0.4, 0.5) is 0 Å². The summed E-state index contributed by atoms with van der Waals surface area (Å²) in [5, 5.41) is 0.572. The number of piperazine rings is 1. The van der Waals surface area contributed by atoms with Crippen molar-refractivity contribution in [3.8, 4) is 11.1 Å². The normalized spacial score (nSPS) is 20.3. The van der Waals surface area contributed by atoms with Crippen LogP contribution in [-0.4, -0.2) is 59.1 Å². The van der Waals surface area contributed by atoms with Crippen molar-refractivity contribution < 1.29 is 12.8 Å². The second-order valence-corrected chi connectivity index (χ2v) is 11.9. The first-order valence-corrected chi connectivity index (χ1v) is 13.8. The number of hydrogen-bond donors (Lipinski definition) is 0. The van der Waals surface area contributed by atoms with Gasteiger partial charge in [-0.1, -0.05) is 12.8 Å². The summed E-state index contributed by atoms with van der Waals surface area (Å²) in [4.78, 5) is 19.5. The van der Waals surface area contributed by atoms with Gasteiger partial charge in [0.05, 0.1) is 18.2 Å². The highest BCUT2D eigenvalue weighted by molar-refractivity contribution is 7.88. The molecule has 1 aliphatic heterocycles. The second-order valence-electron chi connectivity index (χ2n) is 9.87. The molecule has 0 unspecified atom stereocenters. The molecule has 0 amide bonds. The maximum absolute atomic E-state index is 12.9. The molecule has 0 spiro atoms. The van der Waals surface area contributed by atoms with E-state index in [0.29, 0.717) is 42.9 Å². The molecular formula is C25H32N4O4S. The number of sulfonamides is 1. The monoisotopic (exact) mass is 484 g/mol. The van der Waals surface area contributed by atoms with Gasteiger partial charge in [0, 0.05) is 56.9 Å². The number of fused-ring (bicyclic) bond motifs is 1. The topological polar surface area (TPSA) is 88.7 Å². The Morgan fingerprint density at radius 3 is 2.71 bits per heavy atom. The number of rotatable bonds is 7. The molecule has 8 nitrogen and oxygen atoms in total. The van der Waals surface area contributed by atoms with Crippen LogP contribution in [0.2, 0.25) is 0 Å². The van der Waals surface area contributed by atoms with Crippen LogP contribution in [0.15, 0.2) is 39.9 Å². The van der Waals surface area contributed by atoms with E-state index in [2.05, 4.69) is 9.88 Å². The smallest absolute Gasteiger partial charge is 0.261 e. The zero-order valence-electron chi connectivity index (χ0n) is 20.0. The number of pyridine rings is 2. The highest BCUT2D eigenvalue weighted by Gasteiger charge is 2.29. The molecule has 1 saturated heterocycles. The van der Waals surface area contributed by atoms with E-state index >= 15 is 0 Å². The van der Waals surface area contributed by atoms with Crippen molar-refractivity contribution in [2.45, 2.75) is 45.2 Å². The fourth-order valence-corrected chi connectivity index (χ4v) is 5.82. The van der Waals surface area contributed by atoms with Gasteiger partial charge in [0.25, 0.3) is 5.56 Å². The molecule has 4 heterocycles. The summed E-state index contributed by atoms with van der Waals surface area (Å²) in [6.45, 7) is 4.07. The van der Waals surface area contributed by atoms with Gasteiger partial charge in [0.2, 0.25) is 10.0 Å². The molecule has 2 aliphatic rings. The van der Waals surface area contributed by atoms with Crippen LogP contribution in [0.3, 0.4) is 0 Å². The van der Waals surface area contributed by atoms with Crippen molar-refractivity contribution in [1.82, 2.24) is 18.8 Å². The molecule has 5 rings (SSSR count). The summed E-state index contributed by atoms with van der Waals surface area (Å²) < 4.78 is 33.3. The van der Waals surface area contributed by atoms with Crippen molar-refractivity contribution >= 4 is 21.0 Å². The average molecular weight is 485 g/mol. The predicted octanol–water partition coefficient (Wildman–Crippen LogP) is 3.00. The molecule has 34 heavy (non-hydrogen) atoms. The van der Waals surface area contributed by atoms with E-state index in [0.717, 1.165) is 29.9 Å². The van der Waals surface area contributed by atoms with Gasteiger partial charge >= 0.3 is 0 Å². The molecule has 182 valence electrons. The third kappa shape index (κ3) is 4.69. The molecule has 1 saturated carbocycles. The lowest BCUT2D eigenvalue weighted by Gasteiger charge is -2.38. The van der Waals surface area contributed by atoms with Gasteiger partial charge in [-0.25, -0.2) is 8.42 Å². The fraction of sp³-hybridized carbons (Fsp3) is 0.520. The van der Waals surface area contributed by atoms with Crippen LogP contribution in [0.5, 0.6) is 0 Å². The third-order valence-corrected chi connectivity index (χ3v) is 8.44. The number of aryl methyl sites for hydroxylation is 2. The van der Waals surface area contributed by atoms with Crippen LogP contribution >= 0.6 is 0 Å². The summed E-state index contributed by atoms with van der Waals surface area (Å²) in [5.74, 6) is 1.54. The first kappa shape index (κ1) is 23.3. The number of aromatic nitrogens is 2. The van der Waals surface area contributed by atoms with E-state index in [4.69, 9.17) is 4.42 Å². The van der Waals surface area contributed by atoms with E-state index in [1.165, 1.54) is 29.0 Å². The summed E-state index contributed by atoms with van der Waals surface area (Å²) in [5.41, 5.74) is 3.67. The van der Waals surface area contributed by atoms with Crippen molar-refractivity contribution in [2.75, 3.05) is 25.9 Å². The Morgan fingerprint density at radius 1 is 1.21 bits per heavy atom. The quantitative estimate of drug-likeness (QED) is 0.512. The van der Waals surface area contributed by atoms with Gasteiger partial charge in [-0.3, -0.25) is 14.7 Å². The van der Waals surface area contributed by atoms with Gasteiger partial charge in [-0.05, 0) is 48.9 Å². The molecule has 0 bridgehead atoms. The Kier molecular flexibility index (Phi) is 6.12. The van der Waals surface area contributed by atoms with Crippen molar-refractivity contribution in [2.24, 2.45) is 13.0 Å². The van der Waals surface area contributed by atoms with Crippen molar-refractivity contribution in [1.29, 1.82) is 0 Å². The first-order valence-electron chi connectivity index (χ1n) is 11.9. The van der Waals surface area contributed by atoms with Gasteiger partial charge in [-0.2, -0.15) is 4.31 Å². The summed E-state index contributed by atoms with van der Waals surface area (Å²) in [6.07, 6.45) is 11.6. The highest BCUT2D eigenvalue weighted by Crippen LogP contribution is 2.36. The maximum Gasteiger partial charge on any atom is 0.261 e. The molecule has 3 aromatic rings. The Hall–Kier alpha value is -2.49. The van der Waals surface area contributed by atoms with Crippen LogP contribution in [0, 0.1) is 5.92 Å². The molecule has 0 radical (unpaired) electrons. The summed E-state index contributed by atoms with van der Waals surface area (Å²) >= 11 is 0. The lowest BCUT2D eigenvalue weighted by atomic mass is 9.98. The summed E-state index contributed by atoms with van der Waals surface area (Å²) in [7, 11) is -1.43. The molecule has 2 fully saturated rings. The van der Waals surface area contributed by atoms with E-state index in [-0.39, 0.29) is 11.6 Å². The minimum Gasteiger partial charge on any atom is -0.459 e. The SMILES string of the molecule is C[C@@H]1CN(S(C)(=O)=O)CCN1Cc1cc2c(=O)n(C)cc(-c3ccncc3CCC3CC3)c2o1. The Labute approximate surface area is 200 Å². The molecule has 3 aromatic heterocycles. The molecule has 1 aliphatic carbocycles. The zero-order valence-corrected chi connectivity index (χ0v) is 20.8. The van der Waals surface area contributed by atoms with Crippen molar-refractivity contribution in [3.05, 3.63) is 52.4 Å². The number of hydrogen-bond acceptors (Lipinski definition) is 6. The minimum absolute atomic E-state index is 0.0493. The first-order chi connectivity index (χ1) is 16.2. The Morgan fingerprint density at radius 2 is 2.00 bits per heavy atom. The highest BCUT2D eigenvalue weighted by atomic mass is 32.2. The fourth-order valence-electron chi connectivity index (χ4n) is 4.93. The largest absolute Gasteiger partial charge is 0.459 e. The molecule has 0 N–H and O–H groups in total. The molecule has 1 atom stereocenters. The van der Waals surface area contributed by atoms with Crippen LogP contribution in [-0.2, 0) is 30.0 Å². The van der Waals surface area contributed by atoms with E-state index in [9.17, 15) is 13.2 Å². The van der Waals surface area contributed by atoms with Crippen LogP contribution < -0.4 is 5.56 Å². The molecule has 9 heteroatoms. The molecule has 0 aromatic carbocycles. The van der Waals surface area contributed by atoms with Crippen molar-refractivity contribution in [3.63, 3.8) is 0 Å². The van der Waals surface area contributed by atoms with E-state index in [1.807, 2.05) is 31.5 Å². The average Bonchev–Trinajstić information content (AvgIpc) is 3.53. The van der Waals surface area contributed by atoms with Gasteiger partial charge < -0.3 is 8.98 Å². The van der Waals surface area contributed by atoms with E-state index < -0.39 is 10.0 Å². The maximum atomic E-state index is 12.9.